The number of nitrogens with zero attached hydrogens (tertiary/aromatic N) is 2. The first-order chi connectivity index (χ1) is 14.4. The third kappa shape index (κ3) is 9.92. The van der Waals surface area contributed by atoms with Crippen molar-refractivity contribution < 1.29 is 27.5 Å². The molecule has 2 N–H and O–H groups in total. The van der Waals surface area contributed by atoms with Crippen LogP contribution in [0.15, 0.2) is 24.3 Å². The van der Waals surface area contributed by atoms with Gasteiger partial charge in [0.05, 0.1) is 0 Å². The summed E-state index contributed by atoms with van der Waals surface area (Å²) in [5, 5.41) is 5.63. The summed E-state index contributed by atoms with van der Waals surface area (Å²) in [4.78, 5) is 30.0. The Morgan fingerprint density at radius 3 is 2.35 bits per heavy atom. The molecule has 0 aromatic carbocycles. The van der Waals surface area contributed by atoms with Gasteiger partial charge in [0, 0.05) is 42.5 Å². The van der Waals surface area contributed by atoms with Crippen LogP contribution in [0, 0.1) is 19.8 Å². The van der Waals surface area contributed by atoms with E-state index in [1.54, 1.807) is 39.1 Å². The quantitative estimate of drug-likeness (QED) is 0.636. The van der Waals surface area contributed by atoms with E-state index in [1.807, 2.05) is 13.8 Å². The molecule has 0 unspecified atom stereocenters. The molecule has 31 heavy (non-hydrogen) atoms. The minimum atomic E-state index is -4.42. The Balaban J connectivity index is 0.000000861. The number of nitrogens with one attached hydrogen (secondary N) is 2. The third-order valence-electron chi connectivity index (χ3n) is 3.74. The third-order valence-corrected chi connectivity index (χ3v) is 3.74. The first-order valence-electron chi connectivity index (χ1n) is 9.51. The van der Waals surface area contributed by atoms with E-state index in [-0.39, 0.29) is 24.2 Å². The molecule has 0 fully saturated rings. The summed E-state index contributed by atoms with van der Waals surface area (Å²) in [7, 11) is 1.71. The highest BCUT2D eigenvalue weighted by atomic mass is 19.4. The minimum absolute atomic E-state index is 0.113. The molecule has 170 valence electrons. The molecular weight excluding hydrogens is 413 g/mol. The standard InChI is InChI=1S/C17H19F3N4O2.C4H8O/c1-10-6-13(7-14(21-3)23-10)16(25)22-8-12-4-5-15(24-11(12)2)26-9-17(18,19)20;1-4(2)3-5/h4-7H,8-9H2,1-3H3,(H,21,23)(H,22,25);3-4H,1-2H3. The Labute approximate surface area is 179 Å². The zero-order valence-corrected chi connectivity index (χ0v) is 18.1. The molecule has 7 nitrogen and oxygen atoms in total. The maximum Gasteiger partial charge on any atom is 0.422 e. The maximum absolute atomic E-state index is 12.3. The molecule has 0 aliphatic heterocycles. The number of hydrogen-bond donors (Lipinski definition) is 2. The Morgan fingerprint density at radius 1 is 1.19 bits per heavy atom. The summed E-state index contributed by atoms with van der Waals surface area (Å²) in [6.45, 7) is 5.92. The predicted octanol–water partition coefficient (Wildman–Crippen LogP) is 3.85. The van der Waals surface area contributed by atoms with Gasteiger partial charge in [0.2, 0.25) is 5.88 Å². The summed E-state index contributed by atoms with van der Waals surface area (Å²) in [5.41, 5.74) is 2.31. The number of pyridine rings is 2. The van der Waals surface area contributed by atoms with Crippen LogP contribution < -0.4 is 15.4 Å². The van der Waals surface area contributed by atoms with Gasteiger partial charge in [-0.2, -0.15) is 13.2 Å². The number of aryl methyl sites for hydroxylation is 2. The second-order valence-corrected chi connectivity index (χ2v) is 6.99. The smallest absolute Gasteiger partial charge is 0.422 e. The normalized spacial score (nSPS) is 10.7. The van der Waals surface area contributed by atoms with Crippen molar-refractivity contribution in [2.75, 3.05) is 19.0 Å². The number of carbonyl (C=O) groups is 2. The molecule has 2 heterocycles. The highest BCUT2D eigenvalue weighted by Crippen LogP contribution is 2.18. The molecule has 0 atom stereocenters. The van der Waals surface area contributed by atoms with Gasteiger partial charge in [-0.15, -0.1) is 0 Å². The van der Waals surface area contributed by atoms with E-state index in [0.717, 1.165) is 6.29 Å². The summed E-state index contributed by atoms with van der Waals surface area (Å²) in [5.74, 6) is 0.385. The lowest BCUT2D eigenvalue weighted by Crippen LogP contribution is -2.24. The highest BCUT2D eigenvalue weighted by molar-refractivity contribution is 5.94. The molecule has 2 aromatic heterocycles. The largest absolute Gasteiger partial charge is 0.468 e. The molecule has 2 aromatic rings. The van der Waals surface area contributed by atoms with Gasteiger partial charge in [-0.25, -0.2) is 9.97 Å². The van der Waals surface area contributed by atoms with E-state index in [4.69, 9.17) is 0 Å². The highest BCUT2D eigenvalue weighted by Gasteiger charge is 2.28. The fourth-order valence-electron chi connectivity index (χ4n) is 2.20. The second-order valence-electron chi connectivity index (χ2n) is 6.99. The van der Waals surface area contributed by atoms with Crippen LogP contribution in [0.1, 0.15) is 41.2 Å². The lowest BCUT2D eigenvalue weighted by Gasteiger charge is -2.12. The van der Waals surface area contributed by atoms with Gasteiger partial charge in [0.1, 0.15) is 12.1 Å². The number of aldehydes is 1. The average Bonchev–Trinajstić information content (AvgIpc) is 2.70. The molecule has 0 saturated heterocycles. The van der Waals surface area contributed by atoms with Crippen LogP contribution in [0.2, 0.25) is 0 Å². The number of halogens is 3. The first kappa shape index (κ1) is 25.9. The van der Waals surface area contributed by atoms with Crippen LogP contribution >= 0.6 is 0 Å². The summed E-state index contributed by atoms with van der Waals surface area (Å²) < 4.78 is 41.1. The molecular formula is C21H27F3N4O3. The van der Waals surface area contributed by atoms with Crippen molar-refractivity contribution in [1.82, 2.24) is 15.3 Å². The molecule has 0 spiro atoms. The number of carbonyl (C=O) groups excluding carboxylic acids is 2. The molecule has 0 radical (unpaired) electrons. The second kappa shape index (κ2) is 11.9. The molecule has 0 aliphatic rings. The molecule has 0 saturated carbocycles. The van der Waals surface area contributed by atoms with Crippen molar-refractivity contribution in [3.8, 4) is 5.88 Å². The molecule has 0 bridgehead atoms. The lowest BCUT2D eigenvalue weighted by atomic mass is 10.1. The van der Waals surface area contributed by atoms with E-state index in [1.165, 1.54) is 6.07 Å². The van der Waals surface area contributed by atoms with Crippen molar-refractivity contribution in [3.63, 3.8) is 0 Å². The summed E-state index contributed by atoms with van der Waals surface area (Å²) in [6, 6.07) is 6.21. The number of rotatable bonds is 7. The minimum Gasteiger partial charge on any atom is -0.468 e. The first-order valence-corrected chi connectivity index (χ1v) is 9.51. The topological polar surface area (TPSA) is 93.2 Å². The summed E-state index contributed by atoms with van der Waals surface area (Å²) in [6.07, 6.45) is -3.50. The van der Waals surface area contributed by atoms with Crippen molar-refractivity contribution in [1.29, 1.82) is 0 Å². The number of anilines is 1. The van der Waals surface area contributed by atoms with Crippen LogP contribution in [-0.4, -0.2) is 42.0 Å². The van der Waals surface area contributed by atoms with E-state index in [0.29, 0.717) is 28.3 Å². The van der Waals surface area contributed by atoms with Gasteiger partial charge < -0.3 is 20.2 Å². The van der Waals surface area contributed by atoms with Gasteiger partial charge in [-0.3, -0.25) is 4.79 Å². The Kier molecular flexibility index (Phi) is 9.91. The van der Waals surface area contributed by atoms with Gasteiger partial charge in [-0.05, 0) is 31.5 Å². The Hall–Kier alpha value is -3.17. The fourth-order valence-corrected chi connectivity index (χ4v) is 2.20. The Morgan fingerprint density at radius 2 is 1.84 bits per heavy atom. The monoisotopic (exact) mass is 440 g/mol. The average molecular weight is 440 g/mol. The predicted molar refractivity (Wildman–Crippen MR) is 111 cm³/mol. The van der Waals surface area contributed by atoms with Crippen LogP contribution in [-0.2, 0) is 11.3 Å². The zero-order chi connectivity index (χ0) is 23.6. The Bertz CT molecular complexity index is 887. The van der Waals surface area contributed by atoms with Gasteiger partial charge in [0.15, 0.2) is 6.61 Å². The molecule has 0 aliphatic carbocycles. The fraction of sp³-hybridized carbons (Fsp3) is 0.429. The van der Waals surface area contributed by atoms with Gasteiger partial charge in [-0.1, -0.05) is 19.9 Å². The number of ether oxygens (including phenoxy) is 1. The number of hydrogen-bond acceptors (Lipinski definition) is 6. The van der Waals surface area contributed by atoms with Crippen molar-refractivity contribution in [2.24, 2.45) is 5.92 Å². The van der Waals surface area contributed by atoms with Gasteiger partial charge in [0.25, 0.3) is 5.91 Å². The molecule has 1 amide bonds. The molecule has 2 rings (SSSR count). The van der Waals surface area contributed by atoms with E-state index in [9.17, 15) is 22.8 Å². The number of alkyl halides is 3. The van der Waals surface area contributed by atoms with Crippen LogP contribution in [0.3, 0.4) is 0 Å². The SMILES string of the molecule is CC(C)C=O.CNc1cc(C(=O)NCc2ccc(OCC(F)(F)F)nc2C)cc(C)n1. The van der Waals surface area contributed by atoms with Crippen molar-refractivity contribution >= 4 is 18.0 Å². The van der Waals surface area contributed by atoms with Gasteiger partial charge >= 0.3 is 6.18 Å². The summed E-state index contributed by atoms with van der Waals surface area (Å²) >= 11 is 0. The number of amides is 1. The zero-order valence-electron chi connectivity index (χ0n) is 18.1. The van der Waals surface area contributed by atoms with E-state index >= 15 is 0 Å². The van der Waals surface area contributed by atoms with Crippen LogP contribution in [0.4, 0.5) is 19.0 Å². The molecule has 10 heteroatoms. The number of aromatic nitrogens is 2. The van der Waals surface area contributed by atoms with Crippen LogP contribution in [0.5, 0.6) is 5.88 Å². The van der Waals surface area contributed by atoms with Crippen molar-refractivity contribution in [2.45, 2.75) is 40.4 Å². The van der Waals surface area contributed by atoms with E-state index in [2.05, 4.69) is 25.3 Å². The van der Waals surface area contributed by atoms with Crippen molar-refractivity contribution in [3.05, 3.63) is 46.8 Å². The lowest BCUT2D eigenvalue weighted by molar-refractivity contribution is -0.154. The van der Waals surface area contributed by atoms with Crippen LogP contribution in [0.25, 0.3) is 0 Å². The maximum atomic E-state index is 12.3. The van der Waals surface area contributed by atoms with E-state index < -0.39 is 12.8 Å².